The molecule has 104 valence electrons. The summed E-state index contributed by atoms with van der Waals surface area (Å²) in [5.41, 5.74) is 2.61. The minimum Gasteiger partial charge on any atom is -0.383 e. The molecular formula is C14H22N4O. The van der Waals surface area contributed by atoms with Crippen molar-refractivity contribution in [2.24, 2.45) is 0 Å². The zero-order valence-electron chi connectivity index (χ0n) is 11.8. The maximum Gasteiger partial charge on any atom is 0.151 e. The van der Waals surface area contributed by atoms with Crippen LogP contribution in [0.2, 0.25) is 0 Å². The van der Waals surface area contributed by atoms with Crippen LogP contribution >= 0.6 is 0 Å². The number of rotatable bonds is 5. The highest BCUT2D eigenvalue weighted by molar-refractivity contribution is 5.45. The molecule has 5 nitrogen and oxygen atoms in total. The normalized spacial score (nSPS) is 18.8. The van der Waals surface area contributed by atoms with Gasteiger partial charge in [0.1, 0.15) is 0 Å². The van der Waals surface area contributed by atoms with Gasteiger partial charge in [0, 0.05) is 32.8 Å². The Kier molecular flexibility index (Phi) is 3.66. The zero-order valence-corrected chi connectivity index (χ0v) is 11.8. The summed E-state index contributed by atoms with van der Waals surface area (Å²) < 4.78 is 5.12. The lowest BCUT2D eigenvalue weighted by Crippen LogP contribution is -2.59. The van der Waals surface area contributed by atoms with Crippen molar-refractivity contribution in [2.75, 3.05) is 45.3 Å². The van der Waals surface area contributed by atoms with Crippen molar-refractivity contribution in [3.63, 3.8) is 0 Å². The van der Waals surface area contributed by atoms with E-state index in [1.807, 2.05) is 0 Å². The van der Waals surface area contributed by atoms with Gasteiger partial charge in [0.15, 0.2) is 5.82 Å². The van der Waals surface area contributed by atoms with Gasteiger partial charge in [0.2, 0.25) is 0 Å². The maximum atomic E-state index is 5.12. The summed E-state index contributed by atoms with van der Waals surface area (Å²) in [6.45, 7) is 3.89. The van der Waals surface area contributed by atoms with E-state index in [-0.39, 0.29) is 0 Å². The van der Waals surface area contributed by atoms with Crippen molar-refractivity contribution in [1.82, 2.24) is 15.1 Å². The standard InChI is InChI=1S/C14H22N4O/c1-17(6-7-19-2)12-9-18(10-12)14-8-11-4-3-5-13(11)15-16-14/h8,12H,3-7,9-10H2,1-2H3. The Labute approximate surface area is 114 Å². The predicted octanol–water partition coefficient (Wildman–Crippen LogP) is 0.732. The van der Waals surface area contributed by atoms with Crippen LogP contribution in [0, 0.1) is 0 Å². The molecule has 1 aliphatic carbocycles. The SMILES string of the molecule is COCCN(C)C1CN(c2cc3c(nn2)CCC3)C1. The third kappa shape index (κ3) is 2.58. The largest absolute Gasteiger partial charge is 0.383 e. The Morgan fingerprint density at radius 2 is 2.21 bits per heavy atom. The number of hydrogen-bond donors (Lipinski definition) is 0. The van der Waals surface area contributed by atoms with Crippen LogP contribution in [0.15, 0.2) is 6.07 Å². The van der Waals surface area contributed by atoms with Crippen molar-refractivity contribution in [2.45, 2.75) is 25.3 Å². The molecule has 0 bridgehead atoms. The minimum atomic E-state index is 0.616. The first-order valence-corrected chi connectivity index (χ1v) is 7.07. The van der Waals surface area contributed by atoms with Crippen LogP contribution in [0.3, 0.4) is 0 Å². The number of likely N-dealkylation sites (N-methyl/N-ethyl adjacent to an activating group) is 1. The van der Waals surface area contributed by atoms with Crippen LogP contribution in [-0.2, 0) is 17.6 Å². The molecule has 1 aromatic heterocycles. The molecule has 1 fully saturated rings. The topological polar surface area (TPSA) is 41.5 Å². The maximum absolute atomic E-state index is 5.12. The first-order valence-electron chi connectivity index (χ1n) is 7.07. The predicted molar refractivity (Wildman–Crippen MR) is 74.6 cm³/mol. The molecule has 2 aliphatic rings. The number of methoxy groups -OCH3 is 1. The van der Waals surface area contributed by atoms with Crippen LogP contribution in [0.5, 0.6) is 0 Å². The van der Waals surface area contributed by atoms with Crippen LogP contribution in [0.1, 0.15) is 17.7 Å². The summed E-state index contributed by atoms with van der Waals surface area (Å²) >= 11 is 0. The minimum absolute atomic E-state index is 0.616. The second-order valence-corrected chi connectivity index (χ2v) is 5.56. The number of nitrogens with zero attached hydrogens (tertiary/aromatic N) is 4. The molecule has 0 spiro atoms. The number of ether oxygens (including phenoxy) is 1. The van der Waals surface area contributed by atoms with E-state index < -0.39 is 0 Å². The molecule has 0 saturated carbocycles. The molecule has 2 heterocycles. The van der Waals surface area contributed by atoms with Crippen molar-refractivity contribution >= 4 is 5.82 Å². The summed E-state index contributed by atoms with van der Waals surface area (Å²) in [7, 11) is 3.91. The van der Waals surface area contributed by atoms with Crippen molar-refractivity contribution in [3.8, 4) is 0 Å². The van der Waals surface area contributed by atoms with E-state index in [9.17, 15) is 0 Å². The van der Waals surface area contributed by atoms with Crippen LogP contribution in [-0.4, -0.2) is 61.5 Å². The fourth-order valence-corrected chi connectivity index (χ4v) is 2.81. The van der Waals surface area contributed by atoms with Gasteiger partial charge in [-0.05, 0) is 37.9 Å². The molecule has 0 radical (unpaired) electrons. The second kappa shape index (κ2) is 5.43. The fourth-order valence-electron chi connectivity index (χ4n) is 2.81. The van der Waals surface area contributed by atoms with Gasteiger partial charge in [-0.2, -0.15) is 5.10 Å². The molecule has 0 amide bonds. The number of anilines is 1. The number of aryl methyl sites for hydroxylation is 2. The lowest BCUT2D eigenvalue weighted by molar-refractivity contribution is 0.127. The third-order valence-corrected chi connectivity index (χ3v) is 4.26. The average Bonchev–Trinajstić information content (AvgIpc) is 2.82. The third-order valence-electron chi connectivity index (χ3n) is 4.26. The van der Waals surface area contributed by atoms with Crippen LogP contribution < -0.4 is 4.90 Å². The Bertz CT molecular complexity index is 445. The molecular weight excluding hydrogens is 240 g/mol. The summed E-state index contributed by atoms with van der Waals surface area (Å²) in [5, 5.41) is 8.72. The zero-order chi connectivity index (χ0) is 13.2. The second-order valence-electron chi connectivity index (χ2n) is 5.56. The molecule has 0 atom stereocenters. The Morgan fingerprint density at radius 3 is 3.00 bits per heavy atom. The number of hydrogen-bond acceptors (Lipinski definition) is 5. The van der Waals surface area contributed by atoms with E-state index in [1.165, 1.54) is 24.1 Å². The first kappa shape index (κ1) is 12.8. The Balaban J connectivity index is 1.55. The van der Waals surface area contributed by atoms with Gasteiger partial charge in [-0.25, -0.2) is 0 Å². The van der Waals surface area contributed by atoms with Crippen molar-refractivity contribution < 1.29 is 4.74 Å². The number of fused-ring (bicyclic) bond motifs is 1. The van der Waals surface area contributed by atoms with E-state index in [0.717, 1.165) is 38.5 Å². The first-order chi connectivity index (χ1) is 9.28. The summed E-state index contributed by atoms with van der Waals surface area (Å²) in [6.07, 6.45) is 3.50. The highest BCUT2D eigenvalue weighted by Crippen LogP contribution is 2.26. The number of aromatic nitrogens is 2. The fraction of sp³-hybridized carbons (Fsp3) is 0.714. The van der Waals surface area contributed by atoms with E-state index in [4.69, 9.17) is 4.74 Å². The van der Waals surface area contributed by atoms with E-state index in [2.05, 4.69) is 33.1 Å². The van der Waals surface area contributed by atoms with Crippen molar-refractivity contribution in [3.05, 3.63) is 17.3 Å². The van der Waals surface area contributed by atoms with E-state index >= 15 is 0 Å². The molecule has 1 aromatic rings. The Hall–Kier alpha value is -1.20. The lowest BCUT2D eigenvalue weighted by atomic mass is 10.1. The van der Waals surface area contributed by atoms with Gasteiger partial charge in [0.25, 0.3) is 0 Å². The molecule has 1 aliphatic heterocycles. The molecule has 0 unspecified atom stereocenters. The van der Waals surface area contributed by atoms with Gasteiger partial charge in [0.05, 0.1) is 12.3 Å². The molecule has 0 N–H and O–H groups in total. The summed E-state index contributed by atoms with van der Waals surface area (Å²) in [6, 6.07) is 2.85. The van der Waals surface area contributed by atoms with Crippen LogP contribution in [0.25, 0.3) is 0 Å². The molecule has 5 heteroatoms. The molecule has 1 saturated heterocycles. The quantitative estimate of drug-likeness (QED) is 0.782. The van der Waals surface area contributed by atoms with Crippen LogP contribution in [0.4, 0.5) is 5.82 Å². The molecule has 0 aromatic carbocycles. The smallest absolute Gasteiger partial charge is 0.151 e. The summed E-state index contributed by atoms with van der Waals surface area (Å²) in [4.78, 5) is 4.68. The average molecular weight is 262 g/mol. The molecule has 3 rings (SSSR count). The van der Waals surface area contributed by atoms with Gasteiger partial charge in [-0.3, -0.25) is 4.90 Å². The summed E-state index contributed by atoms with van der Waals surface area (Å²) in [5.74, 6) is 1.05. The van der Waals surface area contributed by atoms with Gasteiger partial charge in [-0.15, -0.1) is 5.10 Å². The highest BCUT2D eigenvalue weighted by atomic mass is 16.5. The van der Waals surface area contributed by atoms with Crippen molar-refractivity contribution in [1.29, 1.82) is 0 Å². The Morgan fingerprint density at radius 1 is 1.37 bits per heavy atom. The van der Waals surface area contributed by atoms with Gasteiger partial charge >= 0.3 is 0 Å². The van der Waals surface area contributed by atoms with Gasteiger partial charge < -0.3 is 9.64 Å². The van der Waals surface area contributed by atoms with E-state index in [0.29, 0.717) is 6.04 Å². The molecule has 19 heavy (non-hydrogen) atoms. The van der Waals surface area contributed by atoms with Gasteiger partial charge in [-0.1, -0.05) is 0 Å². The lowest BCUT2D eigenvalue weighted by Gasteiger charge is -2.44. The monoisotopic (exact) mass is 262 g/mol. The highest BCUT2D eigenvalue weighted by Gasteiger charge is 2.31. The van der Waals surface area contributed by atoms with E-state index in [1.54, 1.807) is 7.11 Å².